The van der Waals surface area contributed by atoms with E-state index in [9.17, 15) is 4.79 Å². The van der Waals surface area contributed by atoms with Gasteiger partial charge in [0.25, 0.3) is 0 Å². The molecular weight excluding hydrogens is 368 g/mol. The van der Waals surface area contributed by atoms with E-state index >= 15 is 0 Å². The van der Waals surface area contributed by atoms with Crippen LogP contribution in [0.3, 0.4) is 0 Å². The van der Waals surface area contributed by atoms with Crippen LogP contribution in [0.25, 0.3) is 0 Å². The lowest BCUT2D eigenvalue weighted by Gasteiger charge is -2.36. The van der Waals surface area contributed by atoms with E-state index in [1.807, 2.05) is 13.8 Å². The third-order valence-electron chi connectivity index (χ3n) is 4.91. The average molecular weight is 407 g/mol. The lowest BCUT2D eigenvalue weighted by molar-refractivity contribution is -0.123. The number of piperazine rings is 1. The number of nitrogens with one attached hydrogen (secondary N) is 2. The number of aryl methyl sites for hydroxylation is 1. The van der Waals surface area contributed by atoms with Crippen molar-refractivity contribution in [3.63, 3.8) is 0 Å². The van der Waals surface area contributed by atoms with Crippen LogP contribution < -0.4 is 10.6 Å². The van der Waals surface area contributed by atoms with E-state index in [4.69, 9.17) is 4.99 Å². The van der Waals surface area contributed by atoms with Crippen molar-refractivity contribution in [2.24, 2.45) is 4.99 Å². The number of hydrogen-bond donors (Lipinski definition) is 2. The Hall–Kier alpha value is -2.16. The van der Waals surface area contributed by atoms with Gasteiger partial charge in [-0.3, -0.25) is 14.7 Å². The first kappa shape index (κ1) is 23.1. The van der Waals surface area contributed by atoms with Crippen LogP contribution in [0.1, 0.15) is 46.4 Å². The Morgan fingerprint density at radius 3 is 2.66 bits per heavy atom. The summed E-state index contributed by atoms with van der Waals surface area (Å²) in [5.74, 6) is 2.07. The Kier molecular flexibility index (Phi) is 9.90. The fourth-order valence-electron chi connectivity index (χ4n) is 3.33. The zero-order valence-electron chi connectivity index (χ0n) is 18.5. The molecule has 0 aromatic carbocycles. The topological polar surface area (TPSA) is 90.7 Å². The van der Waals surface area contributed by atoms with Gasteiger partial charge in [0.15, 0.2) is 5.96 Å². The zero-order chi connectivity index (χ0) is 21.1. The summed E-state index contributed by atoms with van der Waals surface area (Å²) in [4.78, 5) is 21.3. The fraction of sp³-hybridized carbons (Fsp3) is 0.800. The van der Waals surface area contributed by atoms with Gasteiger partial charge in [0.1, 0.15) is 12.2 Å². The fourth-order valence-corrected chi connectivity index (χ4v) is 3.33. The lowest BCUT2D eigenvalue weighted by atomic mass is 10.3. The van der Waals surface area contributed by atoms with Crippen LogP contribution in [0, 0.1) is 0 Å². The van der Waals surface area contributed by atoms with Gasteiger partial charge in [-0.25, -0.2) is 0 Å². The molecular formula is C20H38N8O. The minimum absolute atomic E-state index is 0.101. The average Bonchev–Trinajstić information content (AvgIpc) is 3.14. The molecule has 1 saturated heterocycles. The summed E-state index contributed by atoms with van der Waals surface area (Å²) in [7, 11) is 0. The van der Waals surface area contributed by atoms with Crippen LogP contribution in [0.15, 0.2) is 11.3 Å². The molecule has 0 radical (unpaired) electrons. The maximum atomic E-state index is 12.0. The Labute approximate surface area is 174 Å². The number of guanidine groups is 1. The van der Waals surface area contributed by atoms with Gasteiger partial charge in [-0.1, -0.05) is 20.3 Å². The summed E-state index contributed by atoms with van der Waals surface area (Å²) in [6.45, 7) is 14.6. The zero-order valence-corrected chi connectivity index (χ0v) is 18.5. The second-order valence-corrected chi connectivity index (χ2v) is 7.77. The molecule has 1 aliphatic rings. The molecule has 2 heterocycles. The van der Waals surface area contributed by atoms with Crippen LogP contribution >= 0.6 is 0 Å². The van der Waals surface area contributed by atoms with Gasteiger partial charge < -0.3 is 20.1 Å². The number of nitrogens with zero attached hydrogens (tertiary/aromatic N) is 6. The molecule has 1 aromatic rings. The van der Waals surface area contributed by atoms with Gasteiger partial charge in [0, 0.05) is 58.3 Å². The Bertz CT molecular complexity index is 634. The lowest BCUT2D eigenvalue weighted by Crippen LogP contribution is -2.54. The largest absolute Gasteiger partial charge is 0.354 e. The molecule has 0 atom stereocenters. The number of carbonyl (C=O) groups excluding carboxylic acids is 1. The molecule has 1 aliphatic heterocycles. The number of aromatic nitrogens is 3. The van der Waals surface area contributed by atoms with E-state index in [-0.39, 0.29) is 11.9 Å². The quantitative estimate of drug-likeness (QED) is 0.338. The van der Waals surface area contributed by atoms with Crippen molar-refractivity contribution in [2.45, 2.75) is 59.5 Å². The van der Waals surface area contributed by atoms with E-state index in [2.05, 4.69) is 49.0 Å². The van der Waals surface area contributed by atoms with Crippen LogP contribution in [-0.4, -0.2) is 88.3 Å². The predicted octanol–water partition coefficient (Wildman–Crippen LogP) is 0.728. The molecule has 2 N–H and O–H groups in total. The molecule has 0 unspecified atom stereocenters. The molecule has 9 heteroatoms. The van der Waals surface area contributed by atoms with Crippen molar-refractivity contribution in [1.29, 1.82) is 0 Å². The second kappa shape index (κ2) is 12.4. The van der Waals surface area contributed by atoms with E-state index in [1.165, 1.54) is 0 Å². The van der Waals surface area contributed by atoms with Crippen LogP contribution in [0.5, 0.6) is 0 Å². The molecule has 164 valence electrons. The first-order chi connectivity index (χ1) is 14.0. The summed E-state index contributed by atoms with van der Waals surface area (Å²) >= 11 is 0. The Balaban J connectivity index is 1.84. The van der Waals surface area contributed by atoms with E-state index in [0.717, 1.165) is 76.9 Å². The van der Waals surface area contributed by atoms with Gasteiger partial charge >= 0.3 is 0 Å². The molecule has 0 spiro atoms. The third-order valence-corrected chi connectivity index (χ3v) is 4.91. The smallest absolute Gasteiger partial charge is 0.234 e. The maximum absolute atomic E-state index is 12.0. The SMILES string of the molecule is CCCCN=C(NCCn1cnnc1CC)N1CCN(CC(=O)NC(C)C)CC1. The van der Waals surface area contributed by atoms with Crippen LogP contribution in [0.2, 0.25) is 0 Å². The van der Waals surface area contributed by atoms with Gasteiger partial charge in [-0.05, 0) is 20.3 Å². The Morgan fingerprint density at radius 1 is 1.24 bits per heavy atom. The number of carbonyl (C=O) groups is 1. The standard InChI is InChI=1S/C20H38N8O/c1-5-7-8-21-20(22-9-10-28-16-23-25-18(28)6-2)27-13-11-26(12-14-27)15-19(29)24-17(3)4/h16-17H,5-15H2,1-4H3,(H,21,22)(H,24,29). The molecule has 9 nitrogen and oxygen atoms in total. The van der Waals surface area contributed by atoms with Crippen molar-refractivity contribution in [1.82, 2.24) is 35.2 Å². The normalized spacial score (nSPS) is 15.8. The summed E-state index contributed by atoms with van der Waals surface area (Å²) < 4.78 is 2.09. The Morgan fingerprint density at radius 2 is 2.00 bits per heavy atom. The first-order valence-corrected chi connectivity index (χ1v) is 10.9. The van der Waals surface area contributed by atoms with Crippen LogP contribution in [-0.2, 0) is 17.8 Å². The van der Waals surface area contributed by atoms with E-state index in [0.29, 0.717) is 6.54 Å². The summed E-state index contributed by atoms with van der Waals surface area (Å²) in [6.07, 6.45) is 4.89. The maximum Gasteiger partial charge on any atom is 0.234 e. The van der Waals surface area contributed by atoms with Crippen molar-refractivity contribution >= 4 is 11.9 Å². The highest BCUT2D eigenvalue weighted by Gasteiger charge is 2.21. The second-order valence-electron chi connectivity index (χ2n) is 7.77. The molecule has 1 aromatic heterocycles. The van der Waals surface area contributed by atoms with Crippen LogP contribution in [0.4, 0.5) is 0 Å². The predicted molar refractivity (Wildman–Crippen MR) is 116 cm³/mol. The van der Waals surface area contributed by atoms with Gasteiger partial charge in [0.2, 0.25) is 5.91 Å². The number of amides is 1. The van der Waals surface area contributed by atoms with Crippen molar-refractivity contribution in [2.75, 3.05) is 45.8 Å². The highest BCUT2D eigenvalue weighted by molar-refractivity contribution is 5.80. The monoisotopic (exact) mass is 406 g/mol. The van der Waals surface area contributed by atoms with Crippen molar-refractivity contribution in [3.05, 3.63) is 12.2 Å². The molecule has 1 fully saturated rings. The summed E-state index contributed by atoms with van der Waals surface area (Å²) in [5, 5.41) is 14.6. The molecule has 0 saturated carbocycles. The van der Waals surface area contributed by atoms with Gasteiger partial charge in [0.05, 0.1) is 6.54 Å². The summed E-state index contributed by atoms with van der Waals surface area (Å²) in [5.41, 5.74) is 0. The highest BCUT2D eigenvalue weighted by Crippen LogP contribution is 2.03. The number of hydrogen-bond acceptors (Lipinski definition) is 5. The van der Waals surface area contributed by atoms with Gasteiger partial charge in [-0.15, -0.1) is 10.2 Å². The molecule has 0 bridgehead atoms. The van der Waals surface area contributed by atoms with Gasteiger partial charge in [-0.2, -0.15) is 0 Å². The third kappa shape index (κ3) is 8.00. The molecule has 29 heavy (non-hydrogen) atoms. The molecule has 0 aliphatic carbocycles. The highest BCUT2D eigenvalue weighted by atomic mass is 16.2. The van der Waals surface area contributed by atoms with Crippen molar-refractivity contribution < 1.29 is 4.79 Å². The van der Waals surface area contributed by atoms with Crippen molar-refractivity contribution in [3.8, 4) is 0 Å². The molecule has 2 rings (SSSR count). The number of unbranched alkanes of at least 4 members (excludes halogenated alkanes) is 1. The first-order valence-electron chi connectivity index (χ1n) is 10.9. The minimum atomic E-state index is 0.101. The minimum Gasteiger partial charge on any atom is -0.354 e. The van der Waals surface area contributed by atoms with E-state index in [1.54, 1.807) is 6.33 Å². The molecule has 1 amide bonds. The van der Waals surface area contributed by atoms with E-state index < -0.39 is 0 Å². The summed E-state index contributed by atoms with van der Waals surface area (Å²) in [6, 6.07) is 0.184. The number of aliphatic imine (C=N–C) groups is 1. The number of rotatable bonds is 10.